The summed E-state index contributed by atoms with van der Waals surface area (Å²) in [5.41, 5.74) is 0.998. The van der Waals surface area contributed by atoms with Gasteiger partial charge in [-0.25, -0.2) is 4.98 Å². The average Bonchev–Trinajstić information content (AvgIpc) is 3.05. The number of H-pyrrole nitrogens is 1. The van der Waals surface area contributed by atoms with Crippen LogP contribution in [0.5, 0.6) is 0 Å². The molecule has 0 radical (unpaired) electrons. The highest BCUT2D eigenvalue weighted by molar-refractivity contribution is 5.91. The SMILES string of the molecule is COCc1ccc(C(=O)N2Cc3nc(C)[nH]c(=O)c3C2)o1. The van der Waals surface area contributed by atoms with E-state index in [2.05, 4.69) is 9.97 Å². The Hall–Kier alpha value is -2.41. The molecule has 0 aromatic carbocycles. The third-order valence-electron chi connectivity index (χ3n) is 3.36. The van der Waals surface area contributed by atoms with Gasteiger partial charge in [0.1, 0.15) is 18.2 Å². The second-order valence-corrected chi connectivity index (χ2v) is 4.94. The first kappa shape index (κ1) is 13.6. The summed E-state index contributed by atoms with van der Waals surface area (Å²) in [7, 11) is 1.56. The quantitative estimate of drug-likeness (QED) is 0.909. The van der Waals surface area contributed by atoms with Gasteiger partial charge < -0.3 is 19.0 Å². The number of amides is 1. The van der Waals surface area contributed by atoms with Crippen molar-refractivity contribution < 1.29 is 13.9 Å². The van der Waals surface area contributed by atoms with Gasteiger partial charge in [0.25, 0.3) is 11.5 Å². The number of nitrogens with one attached hydrogen (secondary N) is 1. The lowest BCUT2D eigenvalue weighted by Gasteiger charge is -2.12. The Morgan fingerprint density at radius 2 is 2.29 bits per heavy atom. The summed E-state index contributed by atoms with van der Waals surface area (Å²) in [6, 6.07) is 3.32. The fraction of sp³-hybridized carbons (Fsp3) is 0.357. The topological polar surface area (TPSA) is 88.4 Å². The van der Waals surface area contributed by atoms with E-state index >= 15 is 0 Å². The number of aromatic amines is 1. The molecule has 2 aromatic rings. The number of hydrogen-bond acceptors (Lipinski definition) is 5. The van der Waals surface area contributed by atoms with Crippen LogP contribution in [0.3, 0.4) is 0 Å². The first-order valence-corrected chi connectivity index (χ1v) is 6.54. The number of nitrogens with zero attached hydrogens (tertiary/aromatic N) is 2. The first-order valence-electron chi connectivity index (χ1n) is 6.54. The van der Waals surface area contributed by atoms with Crippen LogP contribution in [0.15, 0.2) is 21.3 Å². The van der Waals surface area contributed by atoms with Crippen molar-refractivity contribution >= 4 is 5.91 Å². The summed E-state index contributed by atoms with van der Waals surface area (Å²) >= 11 is 0. The number of carbonyl (C=O) groups is 1. The third-order valence-corrected chi connectivity index (χ3v) is 3.36. The van der Waals surface area contributed by atoms with E-state index in [-0.39, 0.29) is 23.8 Å². The van der Waals surface area contributed by atoms with Gasteiger partial charge in [-0.2, -0.15) is 0 Å². The summed E-state index contributed by atoms with van der Waals surface area (Å²) in [6.07, 6.45) is 0. The van der Waals surface area contributed by atoms with Gasteiger partial charge in [-0.3, -0.25) is 9.59 Å². The number of fused-ring (bicyclic) bond motifs is 1. The van der Waals surface area contributed by atoms with Gasteiger partial charge in [-0.1, -0.05) is 0 Å². The largest absolute Gasteiger partial charge is 0.453 e. The number of aromatic nitrogens is 2. The maximum Gasteiger partial charge on any atom is 0.290 e. The number of carbonyl (C=O) groups excluding carboxylic acids is 1. The van der Waals surface area contributed by atoms with Crippen molar-refractivity contribution in [3.05, 3.63) is 51.1 Å². The van der Waals surface area contributed by atoms with Crippen molar-refractivity contribution in [2.45, 2.75) is 26.6 Å². The molecular weight excluding hydrogens is 274 g/mol. The summed E-state index contributed by atoms with van der Waals surface area (Å²) in [5, 5.41) is 0. The molecule has 1 aliphatic heterocycles. The Balaban J connectivity index is 1.81. The lowest BCUT2D eigenvalue weighted by atomic mass is 10.3. The van der Waals surface area contributed by atoms with Crippen LogP contribution in [0, 0.1) is 6.92 Å². The molecular formula is C14H15N3O4. The second kappa shape index (κ2) is 5.17. The van der Waals surface area contributed by atoms with Gasteiger partial charge in [-0.05, 0) is 19.1 Å². The van der Waals surface area contributed by atoms with Crippen molar-refractivity contribution in [3.8, 4) is 0 Å². The fourth-order valence-electron chi connectivity index (χ4n) is 2.40. The van der Waals surface area contributed by atoms with Gasteiger partial charge in [0.15, 0.2) is 5.76 Å². The molecule has 0 spiro atoms. The molecule has 1 N–H and O–H groups in total. The molecule has 110 valence electrons. The van der Waals surface area contributed by atoms with E-state index in [9.17, 15) is 9.59 Å². The van der Waals surface area contributed by atoms with Crippen molar-refractivity contribution in [2.24, 2.45) is 0 Å². The maximum atomic E-state index is 12.4. The molecule has 7 nitrogen and oxygen atoms in total. The van der Waals surface area contributed by atoms with Crippen LogP contribution in [0.4, 0.5) is 0 Å². The molecule has 0 saturated heterocycles. The lowest BCUT2D eigenvalue weighted by molar-refractivity contribution is 0.0710. The Morgan fingerprint density at radius 3 is 3.05 bits per heavy atom. The van der Waals surface area contributed by atoms with E-state index in [0.29, 0.717) is 36.0 Å². The molecule has 0 saturated carbocycles. The fourth-order valence-corrected chi connectivity index (χ4v) is 2.40. The average molecular weight is 289 g/mol. The minimum absolute atomic E-state index is 0.188. The predicted molar refractivity (Wildman–Crippen MR) is 72.6 cm³/mol. The van der Waals surface area contributed by atoms with Crippen LogP contribution in [-0.4, -0.2) is 27.9 Å². The van der Waals surface area contributed by atoms with Gasteiger partial charge in [0.05, 0.1) is 24.3 Å². The zero-order chi connectivity index (χ0) is 15.0. The number of methoxy groups -OCH3 is 1. The highest BCUT2D eigenvalue weighted by atomic mass is 16.5. The van der Waals surface area contributed by atoms with Crippen LogP contribution in [0.1, 0.15) is 33.4 Å². The van der Waals surface area contributed by atoms with Gasteiger partial charge in [-0.15, -0.1) is 0 Å². The first-order chi connectivity index (χ1) is 10.1. The number of furan rings is 1. The van der Waals surface area contributed by atoms with Crippen LogP contribution in [0.25, 0.3) is 0 Å². The van der Waals surface area contributed by atoms with Crippen LogP contribution in [0.2, 0.25) is 0 Å². The highest BCUT2D eigenvalue weighted by Gasteiger charge is 2.29. The molecule has 3 rings (SSSR count). The molecule has 0 atom stereocenters. The maximum absolute atomic E-state index is 12.4. The number of aryl methyl sites for hydroxylation is 1. The van der Waals surface area contributed by atoms with Gasteiger partial charge in [0.2, 0.25) is 0 Å². The van der Waals surface area contributed by atoms with E-state index in [0.717, 1.165) is 0 Å². The van der Waals surface area contributed by atoms with Crippen molar-refractivity contribution in [2.75, 3.05) is 7.11 Å². The number of hydrogen-bond donors (Lipinski definition) is 1. The standard InChI is InChI=1S/C14H15N3O4/c1-8-15-11-6-17(5-10(11)13(18)16-8)14(19)12-4-3-9(21-12)7-20-2/h3-4H,5-7H2,1-2H3,(H,15,16,18). The Labute approximate surface area is 120 Å². The molecule has 1 amide bonds. The van der Waals surface area contributed by atoms with E-state index < -0.39 is 0 Å². The van der Waals surface area contributed by atoms with Crippen molar-refractivity contribution in [1.29, 1.82) is 0 Å². The molecule has 2 aromatic heterocycles. The van der Waals surface area contributed by atoms with Crippen LogP contribution >= 0.6 is 0 Å². The third kappa shape index (κ3) is 2.47. The molecule has 0 fully saturated rings. The molecule has 3 heterocycles. The molecule has 0 bridgehead atoms. The normalized spacial score (nSPS) is 13.5. The Bertz CT molecular complexity index is 747. The zero-order valence-corrected chi connectivity index (χ0v) is 11.8. The molecule has 1 aliphatic rings. The van der Waals surface area contributed by atoms with E-state index in [1.54, 1.807) is 31.1 Å². The Kier molecular flexibility index (Phi) is 3.34. The summed E-state index contributed by atoms with van der Waals surface area (Å²) in [5.74, 6) is 1.12. The smallest absolute Gasteiger partial charge is 0.290 e. The number of ether oxygens (including phenoxy) is 1. The summed E-state index contributed by atoms with van der Waals surface area (Å²) < 4.78 is 10.4. The van der Waals surface area contributed by atoms with E-state index in [4.69, 9.17) is 9.15 Å². The predicted octanol–water partition coefficient (Wildman–Crippen LogP) is 0.974. The van der Waals surface area contributed by atoms with Gasteiger partial charge >= 0.3 is 0 Å². The van der Waals surface area contributed by atoms with Crippen molar-refractivity contribution in [3.63, 3.8) is 0 Å². The van der Waals surface area contributed by atoms with Gasteiger partial charge in [0, 0.05) is 7.11 Å². The molecule has 0 unspecified atom stereocenters. The molecule has 21 heavy (non-hydrogen) atoms. The molecule has 7 heteroatoms. The Morgan fingerprint density at radius 1 is 1.48 bits per heavy atom. The van der Waals surface area contributed by atoms with E-state index in [1.165, 1.54) is 0 Å². The number of rotatable bonds is 3. The highest BCUT2D eigenvalue weighted by Crippen LogP contribution is 2.21. The summed E-state index contributed by atoms with van der Waals surface area (Å²) in [6.45, 7) is 2.60. The minimum atomic E-state index is -0.257. The second-order valence-electron chi connectivity index (χ2n) is 4.94. The minimum Gasteiger partial charge on any atom is -0.453 e. The molecule has 0 aliphatic carbocycles. The van der Waals surface area contributed by atoms with Crippen LogP contribution in [-0.2, 0) is 24.4 Å². The van der Waals surface area contributed by atoms with Crippen molar-refractivity contribution in [1.82, 2.24) is 14.9 Å². The lowest BCUT2D eigenvalue weighted by Crippen LogP contribution is -2.25. The van der Waals surface area contributed by atoms with E-state index in [1.807, 2.05) is 0 Å². The summed E-state index contributed by atoms with van der Waals surface area (Å²) in [4.78, 5) is 32.7. The monoisotopic (exact) mass is 289 g/mol. The zero-order valence-electron chi connectivity index (χ0n) is 11.8. The van der Waals surface area contributed by atoms with Crippen LogP contribution < -0.4 is 5.56 Å².